The Kier molecular flexibility index (Phi) is 9.29. The first kappa shape index (κ1) is 28.2. The minimum Gasteiger partial charge on any atom is -0.493 e. The minimum atomic E-state index is -1.01. The molecule has 2 fully saturated rings. The topological polar surface area (TPSA) is 102 Å². The lowest BCUT2D eigenvalue weighted by atomic mass is 10.1. The Morgan fingerprint density at radius 1 is 1.03 bits per heavy atom. The van der Waals surface area contributed by atoms with Crippen LogP contribution in [0.3, 0.4) is 0 Å². The molecule has 3 amide bonds. The molecular weight excluding hydrogens is 520 g/mol. The van der Waals surface area contributed by atoms with Crippen molar-refractivity contribution >= 4 is 40.9 Å². The van der Waals surface area contributed by atoms with E-state index in [2.05, 4.69) is 0 Å². The number of carbonyl (C=O) groups excluding carboxylic acids is 4. The maximum Gasteiger partial charge on any atom is 0.329 e. The van der Waals surface area contributed by atoms with Crippen LogP contribution in [-0.4, -0.2) is 65.7 Å². The van der Waals surface area contributed by atoms with E-state index in [4.69, 9.17) is 14.2 Å². The monoisotopic (exact) mass is 552 g/mol. The molecule has 2 aliphatic heterocycles. The van der Waals surface area contributed by atoms with E-state index in [9.17, 15) is 19.2 Å². The summed E-state index contributed by atoms with van der Waals surface area (Å²) in [7, 11) is 1.52. The second kappa shape index (κ2) is 12.8. The number of piperidine rings is 1. The zero-order valence-electron chi connectivity index (χ0n) is 22.3. The van der Waals surface area contributed by atoms with Crippen LogP contribution in [0.1, 0.15) is 54.6 Å². The molecule has 10 heteroatoms. The highest BCUT2D eigenvalue weighted by Gasteiger charge is 2.41. The van der Waals surface area contributed by atoms with Gasteiger partial charge in [0.15, 0.2) is 11.5 Å². The van der Waals surface area contributed by atoms with Crippen LogP contribution in [0.4, 0.5) is 4.79 Å². The lowest BCUT2D eigenvalue weighted by Gasteiger charge is -2.26. The summed E-state index contributed by atoms with van der Waals surface area (Å²) in [5.74, 6) is -0.154. The first-order chi connectivity index (χ1) is 18.8. The largest absolute Gasteiger partial charge is 0.493 e. The Morgan fingerprint density at radius 2 is 1.74 bits per heavy atom. The first-order valence-electron chi connectivity index (χ1n) is 12.9. The molecule has 206 valence electrons. The van der Waals surface area contributed by atoms with Crippen molar-refractivity contribution in [1.29, 1.82) is 0 Å². The predicted octanol–water partition coefficient (Wildman–Crippen LogP) is 4.89. The highest BCUT2D eigenvalue weighted by atomic mass is 32.2. The highest BCUT2D eigenvalue weighted by molar-refractivity contribution is 8.18. The maximum absolute atomic E-state index is 12.8. The number of nitrogens with zero attached hydrogens (tertiary/aromatic N) is 2. The zero-order valence-corrected chi connectivity index (χ0v) is 23.1. The Morgan fingerprint density at radius 3 is 2.41 bits per heavy atom. The summed E-state index contributed by atoms with van der Waals surface area (Å²) in [6.07, 6.45) is 4.85. The lowest BCUT2D eigenvalue weighted by Crippen LogP contribution is -2.42. The molecular formula is C29H32N2O7S. The summed E-state index contributed by atoms with van der Waals surface area (Å²) in [4.78, 5) is 53.0. The van der Waals surface area contributed by atoms with Gasteiger partial charge in [0.2, 0.25) is 0 Å². The van der Waals surface area contributed by atoms with Gasteiger partial charge >= 0.3 is 5.97 Å². The summed E-state index contributed by atoms with van der Waals surface area (Å²) in [5, 5.41) is -0.526. The predicted molar refractivity (Wildman–Crippen MR) is 147 cm³/mol. The fraction of sp³-hybridized carbons (Fsp3) is 0.379. The lowest BCUT2D eigenvalue weighted by molar-refractivity contribution is -0.150. The second-order valence-electron chi connectivity index (χ2n) is 9.23. The molecule has 0 aromatic heterocycles. The van der Waals surface area contributed by atoms with Crippen molar-refractivity contribution in [2.24, 2.45) is 0 Å². The Balaban J connectivity index is 1.40. The number of methoxy groups -OCH3 is 1. The molecule has 0 aliphatic carbocycles. The number of carbonyl (C=O) groups is 4. The van der Waals surface area contributed by atoms with E-state index in [1.54, 1.807) is 31.2 Å². The number of hydrogen-bond donors (Lipinski definition) is 0. The number of benzene rings is 2. The van der Waals surface area contributed by atoms with Gasteiger partial charge in [-0.25, -0.2) is 4.79 Å². The molecule has 39 heavy (non-hydrogen) atoms. The van der Waals surface area contributed by atoms with Gasteiger partial charge < -0.3 is 19.1 Å². The molecule has 0 bridgehead atoms. The molecule has 9 nitrogen and oxygen atoms in total. The quantitative estimate of drug-likeness (QED) is 0.320. The Bertz CT molecular complexity index is 1270. The molecule has 0 N–H and O–H groups in total. The molecule has 1 atom stereocenters. The molecule has 2 heterocycles. The average molecular weight is 553 g/mol. The molecule has 2 aromatic carbocycles. The van der Waals surface area contributed by atoms with Gasteiger partial charge in [-0.1, -0.05) is 18.2 Å². The van der Waals surface area contributed by atoms with E-state index < -0.39 is 23.2 Å². The number of hydrogen-bond acceptors (Lipinski definition) is 8. The van der Waals surface area contributed by atoms with Crippen LogP contribution in [0.15, 0.2) is 47.4 Å². The van der Waals surface area contributed by atoms with E-state index in [1.165, 1.54) is 20.5 Å². The van der Waals surface area contributed by atoms with Gasteiger partial charge in [-0.2, -0.15) is 0 Å². The van der Waals surface area contributed by atoms with E-state index in [0.29, 0.717) is 22.6 Å². The number of esters is 1. The number of likely N-dealkylation sites (tertiary alicyclic amines) is 1. The molecule has 2 saturated heterocycles. The average Bonchev–Trinajstić information content (AvgIpc) is 3.24. The van der Waals surface area contributed by atoms with Crippen LogP contribution in [-0.2, 0) is 20.9 Å². The molecule has 2 aliphatic rings. The molecule has 0 unspecified atom stereocenters. The number of amides is 3. The molecule has 4 rings (SSSR count). The van der Waals surface area contributed by atoms with Gasteiger partial charge in [0.25, 0.3) is 17.1 Å². The van der Waals surface area contributed by atoms with Crippen molar-refractivity contribution in [3.8, 4) is 11.5 Å². The summed E-state index contributed by atoms with van der Waals surface area (Å²) >= 11 is 0.769. The van der Waals surface area contributed by atoms with Crippen LogP contribution < -0.4 is 9.47 Å². The summed E-state index contributed by atoms with van der Waals surface area (Å²) in [6.45, 7) is 5.18. The van der Waals surface area contributed by atoms with E-state index in [1.807, 2.05) is 29.2 Å². The third kappa shape index (κ3) is 6.62. The molecule has 0 spiro atoms. The second-order valence-corrected chi connectivity index (χ2v) is 10.2. The van der Waals surface area contributed by atoms with Gasteiger partial charge in [-0.3, -0.25) is 19.3 Å². The fourth-order valence-electron chi connectivity index (χ4n) is 4.41. The molecule has 2 aromatic rings. The van der Waals surface area contributed by atoms with Crippen LogP contribution in [0.5, 0.6) is 11.5 Å². The Labute approximate surface area is 232 Å². The van der Waals surface area contributed by atoms with E-state index in [0.717, 1.165) is 48.2 Å². The van der Waals surface area contributed by atoms with Gasteiger partial charge in [-0.15, -0.1) is 0 Å². The Hall–Kier alpha value is -3.79. The third-order valence-corrected chi connectivity index (χ3v) is 7.45. The van der Waals surface area contributed by atoms with Crippen molar-refractivity contribution in [2.75, 3.05) is 26.8 Å². The van der Waals surface area contributed by atoms with Gasteiger partial charge in [0.05, 0.1) is 18.6 Å². The summed E-state index contributed by atoms with van der Waals surface area (Å²) in [6, 6.07) is 11.6. The SMILES string of the molecule is CCOC(=O)[C@@H](C)N1C(=O)S/C(=C/c2ccc(OCc3ccc(C(=O)N4CCCCC4)cc3)c(OC)c2)C1=O. The number of thioether (sulfide) groups is 1. The van der Waals surface area contributed by atoms with Crippen molar-refractivity contribution in [3.05, 3.63) is 64.1 Å². The fourth-order valence-corrected chi connectivity index (χ4v) is 5.32. The number of ether oxygens (including phenoxy) is 3. The van der Waals surface area contributed by atoms with Crippen LogP contribution in [0.25, 0.3) is 6.08 Å². The van der Waals surface area contributed by atoms with Crippen LogP contribution in [0, 0.1) is 0 Å². The minimum absolute atomic E-state index is 0.0626. The number of rotatable bonds is 9. The van der Waals surface area contributed by atoms with Crippen molar-refractivity contribution in [2.45, 2.75) is 45.8 Å². The maximum atomic E-state index is 12.8. The van der Waals surface area contributed by atoms with Gasteiger partial charge in [0, 0.05) is 18.7 Å². The summed E-state index contributed by atoms with van der Waals surface area (Å²) in [5.41, 5.74) is 2.21. The van der Waals surface area contributed by atoms with E-state index >= 15 is 0 Å². The zero-order chi connectivity index (χ0) is 27.9. The van der Waals surface area contributed by atoms with E-state index in [-0.39, 0.29) is 24.0 Å². The number of imide groups is 1. The van der Waals surface area contributed by atoms with Crippen molar-refractivity contribution in [1.82, 2.24) is 9.80 Å². The normalized spacial score (nSPS) is 17.4. The smallest absolute Gasteiger partial charge is 0.329 e. The van der Waals surface area contributed by atoms with Crippen molar-refractivity contribution < 1.29 is 33.4 Å². The third-order valence-electron chi connectivity index (χ3n) is 6.56. The standard InChI is InChI=1S/C29H32N2O7S/c1-4-37-28(34)19(2)31-27(33)25(39-29(31)35)17-21-10-13-23(24(16-21)36-3)38-18-20-8-11-22(12-9-20)26(32)30-14-6-5-7-15-30/h8-13,16-17,19H,4-7,14-15,18H2,1-3H3/b25-17+/t19-/m1/s1. The highest BCUT2D eigenvalue weighted by Crippen LogP contribution is 2.36. The van der Waals surface area contributed by atoms with Gasteiger partial charge in [-0.05, 0) is 86.3 Å². The molecule has 0 radical (unpaired) electrons. The van der Waals surface area contributed by atoms with Crippen LogP contribution >= 0.6 is 11.8 Å². The van der Waals surface area contributed by atoms with Crippen molar-refractivity contribution in [3.63, 3.8) is 0 Å². The van der Waals surface area contributed by atoms with Gasteiger partial charge in [0.1, 0.15) is 12.6 Å². The molecule has 0 saturated carbocycles. The first-order valence-corrected chi connectivity index (χ1v) is 13.8. The summed E-state index contributed by atoms with van der Waals surface area (Å²) < 4.78 is 16.4. The van der Waals surface area contributed by atoms with Crippen LogP contribution in [0.2, 0.25) is 0 Å².